The van der Waals surface area contributed by atoms with Gasteiger partial charge in [0.1, 0.15) is 18.0 Å². The molecule has 1 N–H and O–H groups in total. The van der Waals surface area contributed by atoms with Crippen LogP contribution in [0.3, 0.4) is 0 Å². The standard InChI is InChI=1S/C14H23N5/c1-15-13-10-14(17-11-16-13)19-8-6-18(7-9-19)12-4-2-3-5-12/h10-12H,2-9H2,1H3,(H,15,16,17). The average molecular weight is 261 g/mol. The van der Waals surface area contributed by atoms with Gasteiger partial charge in [0.15, 0.2) is 0 Å². The molecule has 1 aliphatic heterocycles. The zero-order valence-electron chi connectivity index (χ0n) is 11.7. The average Bonchev–Trinajstić information content (AvgIpc) is 3.02. The highest BCUT2D eigenvalue weighted by Gasteiger charge is 2.26. The summed E-state index contributed by atoms with van der Waals surface area (Å²) in [5.74, 6) is 1.94. The number of nitrogens with one attached hydrogen (secondary N) is 1. The van der Waals surface area contributed by atoms with Gasteiger partial charge in [0.2, 0.25) is 0 Å². The maximum absolute atomic E-state index is 4.39. The van der Waals surface area contributed by atoms with Crippen molar-refractivity contribution in [2.24, 2.45) is 0 Å². The van der Waals surface area contributed by atoms with Crippen molar-refractivity contribution in [3.05, 3.63) is 12.4 Å². The fourth-order valence-electron chi connectivity index (χ4n) is 3.24. The Morgan fingerprint density at radius 1 is 1.11 bits per heavy atom. The minimum atomic E-state index is 0.848. The Morgan fingerprint density at radius 3 is 2.53 bits per heavy atom. The van der Waals surface area contributed by atoms with Crippen molar-refractivity contribution in [3.63, 3.8) is 0 Å². The quantitative estimate of drug-likeness (QED) is 0.895. The third-order valence-electron chi connectivity index (χ3n) is 4.39. The number of aromatic nitrogens is 2. The second-order valence-electron chi connectivity index (χ2n) is 5.47. The maximum Gasteiger partial charge on any atom is 0.134 e. The van der Waals surface area contributed by atoms with Crippen molar-refractivity contribution in [1.29, 1.82) is 0 Å². The van der Waals surface area contributed by atoms with Crippen molar-refractivity contribution in [2.45, 2.75) is 31.7 Å². The molecule has 19 heavy (non-hydrogen) atoms. The Balaban J connectivity index is 1.59. The Hall–Kier alpha value is -1.36. The first-order chi connectivity index (χ1) is 9.36. The third kappa shape index (κ3) is 2.81. The van der Waals surface area contributed by atoms with Gasteiger partial charge < -0.3 is 10.2 Å². The Labute approximate surface area is 115 Å². The normalized spacial score (nSPS) is 21.8. The van der Waals surface area contributed by atoms with Crippen LogP contribution >= 0.6 is 0 Å². The molecule has 5 heteroatoms. The van der Waals surface area contributed by atoms with E-state index in [2.05, 4.69) is 25.1 Å². The molecule has 2 heterocycles. The Bertz CT molecular complexity index is 408. The Morgan fingerprint density at radius 2 is 1.84 bits per heavy atom. The van der Waals surface area contributed by atoms with Gasteiger partial charge >= 0.3 is 0 Å². The molecule has 1 aliphatic carbocycles. The first-order valence-electron chi connectivity index (χ1n) is 7.35. The first-order valence-corrected chi connectivity index (χ1v) is 7.35. The lowest BCUT2D eigenvalue weighted by molar-refractivity contribution is 0.187. The van der Waals surface area contributed by atoms with Crippen molar-refractivity contribution in [1.82, 2.24) is 14.9 Å². The molecule has 0 radical (unpaired) electrons. The molecule has 1 aromatic heterocycles. The van der Waals surface area contributed by atoms with Crippen LogP contribution < -0.4 is 10.2 Å². The van der Waals surface area contributed by atoms with E-state index >= 15 is 0 Å². The lowest BCUT2D eigenvalue weighted by Crippen LogP contribution is -2.50. The van der Waals surface area contributed by atoms with Crippen LogP contribution in [0.1, 0.15) is 25.7 Å². The van der Waals surface area contributed by atoms with E-state index in [-0.39, 0.29) is 0 Å². The smallest absolute Gasteiger partial charge is 0.134 e. The lowest BCUT2D eigenvalue weighted by atomic mass is 10.2. The maximum atomic E-state index is 4.39. The SMILES string of the molecule is CNc1cc(N2CCN(C3CCCC3)CC2)ncn1. The summed E-state index contributed by atoms with van der Waals surface area (Å²) in [7, 11) is 1.89. The van der Waals surface area contributed by atoms with E-state index in [9.17, 15) is 0 Å². The molecule has 104 valence electrons. The molecule has 0 aromatic carbocycles. The van der Waals surface area contributed by atoms with Crippen molar-refractivity contribution < 1.29 is 0 Å². The fraction of sp³-hybridized carbons (Fsp3) is 0.714. The molecule has 2 fully saturated rings. The van der Waals surface area contributed by atoms with Gasteiger partial charge in [0.05, 0.1) is 0 Å². The molecule has 3 rings (SSSR count). The highest BCUT2D eigenvalue weighted by Crippen LogP contribution is 2.25. The van der Waals surface area contributed by atoms with Gasteiger partial charge in [0, 0.05) is 45.3 Å². The fourth-order valence-corrected chi connectivity index (χ4v) is 3.24. The molecule has 0 atom stereocenters. The van der Waals surface area contributed by atoms with E-state index in [1.807, 2.05) is 13.1 Å². The van der Waals surface area contributed by atoms with Gasteiger partial charge in [-0.2, -0.15) is 0 Å². The molecule has 1 saturated heterocycles. The molecule has 1 saturated carbocycles. The molecular formula is C14H23N5. The Kier molecular flexibility index (Phi) is 3.82. The summed E-state index contributed by atoms with van der Waals surface area (Å²) in [6.07, 6.45) is 7.28. The zero-order valence-corrected chi connectivity index (χ0v) is 11.7. The van der Waals surface area contributed by atoms with Crippen LogP contribution in [-0.2, 0) is 0 Å². The topological polar surface area (TPSA) is 44.3 Å². The van der Waals surface area contributed by atoms with Gasteiger partial charge in [-0.3, -0.25) is 4.90 Å². The van der Waals surface area contributed by atoms with Crippen LogP contribution in [0.25, 0.3) is 0 Å². The summed E-state index contributed by atoms with van der Waals surface area (Å²) in [5, 5.41) is 3.07. The summed E-state index contributed by atoms with van der Waals surface area (Å²) in [6.45, 7) is 4.50. The molecular weight excluding hydrogens is 238 g/mol. The highest BCUT2D eigenvalue weighted by atomic mass is 15.3. The van der Waals surface area contributed by atoms with Gasteiger partial charge in [-0.25, -0.2) is 9.97 Å². The number of piperazine rings is 1. The minimum Gasteiger partial charge on any atom is -0.373 e. The minimum absolute atomic E-state index is 0.848. The second kappa shape index (κ2) is 5.74. The van der Waals surface area contributed by atoms with Crippen LogP contribution in [0, 0.1) is 0 Å². The molecule has 0 amide bonds. The van der Waals surface area contributed by atoms with Gasteiger partial charge in [-0.1, -0.05) is 12.8 Å². The summed E-state index contributed by atoms with van der Waals surface area (Å²) in [5.41, 5.74) is 0. The number of hydrogen-bond acceptors (Lipinski definition) is 5. The second-order valence-corrected chi connectivity index (χ2v) is 5.47. The van der Waals surface area contributed by atoms with Crippen molar-refractivity contribution in [3.8, 4) is 0 Å². The zero-order chi connectivity index (χ0) is 13.1. The largest absolute Gasteiger partial charge is 0.373 e. The van der Waals surface area contributed by atoms with E-state index in [0.29, 0.717) is 0 Å². The monoisotopic (exact) mass is 261 g/mol. The molecule has 0 unspecified atom stereocenters. The van der Waals surface area contributed by atoms with E-state index in [4.69, 9.17) is 0 Å². The van der Waals surface area contributed by atoms with E-state index < -0.39 is 0 Å². The number of hydrogen-bond donors (Lipinski definition) is 1. The number of nitrogens with zero attached hydrogens (tertiary/aromatic N) is 4. The van der Waals surface area contributed by atoms with Crippen LogP contribution in [0.2, 0.25) is 0 Å². The van der Waals surface area contributed by atoms with Gasteiger partial charge in [0.25, 0.3) is 0 Å². The number of rotatable bonds is 3. The van der Waals surface area contributed by atoms with E-state index in [1.54, 1.807) is 6.33 Å². The van der Waals surface area contributed by atoms with Crippen LogP contribution in [0.15, 0.2) is 12.4 Å². The highest BCUT2D eigenvalue weighted by molar-refractivity contribution is 5.48. The first kappa shape index (κ1) is 12.7. The molecule has 1 aromatic rings. The summed E-state index contributed by atoms with van der Waals surface area (Å²) < 4.78 is 0. The predicted octanol–water partition coefficient (Wildman–Crippen LogP) is 1.58. The molecule has 5 nitrogen and oxygen atoms in total. The summed E-state index contributed by atoms with van der Waals surface area (Å²) in [6, 6.07) is 2.88. The van der Waals surface area contributed by atoms with E-state index in [1.165, 1.54) is 38.8 Å². The lowest BCUT2D eigenvalue weighted by Gasteiger charge is -2.38. The third-order valence-corrected chi connectivity index (χ3v) is 4.39. The van der Waals surface area contributed by atoms with Gasteiger partial charge in [-0.05, 0) is 12.8 Å². The van der Waals surface area contributed by atoms with Crippen molar-refractivity contribution in [2.75, 3.05) is 43.4 Å². The van der Waals surface area contributed by atoms with Gasteiger partial charge in [-0.15, -0.1) is 0 Å². The summed E-state index contributed by atoms with van der Waals surface area (Å²) in [4.78, 5) is 13.6. The molecule has 0 bridgehead atoms. The molecule has 2 aliphatic rings. The predicted molar refractivity (Wildman–Crippen MR) is 77.6 cm³/mol. The van der Waals surface area contributed by atoms with Crippen LogP contribution in [-0.4, -0.2) is 54.1 Å². The van der Waals surface area contributed by atoms with Crippen molar-refractivity contribution >= 4 is 11.6 Å². The number of anilines is 2. The van der Waals surface area contributed by atoms with E-state index in [0.717, 1.165) is 30.8 Å². The molecule has 0 spiro atoms. The van der Waals surface area contributed by atoms with Crippen LogP contribution in [0.4, 0.5) is 11.6 Å². The summed E-state index contributed by atoms with van der Waals surface area (Å²) >= 11 is 0. The van der Waals surface area contributed by atoms with Crippen LogP contribution in [0.5, 0.6) is 0 Å².